The van der Waals surface area contributed by atoms with Gasteiger partial charge in [-0.2, -0.15) is 18.3 Å². The summed E-state index contributed by atoms with van der Waals surface area (Å²) < 4.78 is 43.7. The Bertz CT molecular complexity index is 1010. The number of alkyl halides is 3. The maximum absolute atomic E-state index is 12.6. The van der Waals surface area contributed by atoms with Crippen LogP contribution in [0, 0.1) is 0 Å². The Labute approximate surface area is 200 Å². The molecule has 3 rings (SSSR count). The number of aliphatic hydroxyl groups excluding tert-OH is 1. The molecule has 0 aromatic carbocycles. The molecule has 11 nitrogen and oxygen atoms in total. The lowest BCUT2D eigenvalue weighted by molar-refractivity contribution is -0.138. The lowest BCUT2D eigenvalue weighted by Crippen LogP contribution is -2.49. The maximum Gasteiger partial charge on any atom is 0.419 e. The first-order valence-electron chi connectivity index (χ1n) is 10.3. The molecule has 3 heterocycles. The van der Waals surface area contributed by atoms with Crippen molar-refractivity contribution in [1.82, 2.24) is 25.1 Å². The number of H-pyrrole nitrogens is 1. The summed E-state index contributed by atoms with van der Waals surface area (Å²) in [6.45, 7) is 1.53. The quantitative estimate of drug-likeness (QED) is 0.389. The molecule has 2 aromatic rings. The van der Waals surface area contributed by atoms with Crippen LogP contribution in [0.4, 0.5) is 24.8 Å². The number of halogens is 4. The Kier molecular flexibility index (Phi) is 8.79. The van der Waals surface area contributed by atoms with Crippen LogP contribution in [0.15, 0.2) is 27.9 Å². The van der Waals surface area contributed by atoms with Crippen molar-refractivity contribution in [2.75, 3.05) is 56.2 Å². The van der Waals surface area contributed by atoms with Gasteiger partial charge in [0.15, 0.2) is 0 Å². The molecular formula is C19H23BrF3N7O4. The molecule has 186 valence electrons. The fourth-order valence-electron chi connectivity index (χ4n) is 3.17. The van der Waals surface area contributed by atoms with Crippen LogP contribution >= 0.6 is 15.9 Å². The first-order valence-corrected chi connectivity index (χ1v) is 11.1. The normalized spacial score (nSPS) is 15.3. The summed E-state index contributed by atoms with van der Waals surface area (Å²) in [5.41, 5.74) is -0.930. The third kappa shape index (κ3) is 6.87. The van der Waals surface area contributed by atoms with Crippen molar-refractivity contribution in [3.05, 3.63) is 39.0 Å². The van der Waals surface area contributed by atoms with E-state index in [0.717, 1.165) is 12.4 Å². The summed E-state index contributed by atoms with van der Waals surface area (Å²) in [7, 11) is 0. The number of carbonyl (C=O) groups excluding carboxylic acids is 1. The predicted molar refractivity (Wildman–Crippen MR) is 118 cm³/mol. The number of nitrogens with zero attached hydrogens (tertiary/aromatic N) is 5. The lowest BCUT2D eigenvalue weighted by atomic mass is 10.3. The van der Waals surface area contributed by atoms with Crippen LogP contribution in [0.1, 0.15) is 12.0 Å². The highest BCUT2D eigenvalue weighted by Crippen LogP contribution is 2.28. The van der Waals surface area contributed by atoms with Crippen LogP contribution in [-0.4, -0.2) is 88.1 Å². The number of nitrogens with one attached hydrogen (secondary N) is 2. The van der Waals surface area contributed by atoms with Crippen LogP contribution in [0.3, 0.4) is 0 Å². The highest BCUT2D eigenvalue weighted by molar-refractivity contribution is 9.10. The molecule has 0 unspecified atom stereocenters. The molecule has 1 aliphatic heterocycles. The number of aliphatic hydroxyl groups is 1. The van der Waals surface area contributed by atoms with Crippen LogP contribution in [0.2, 0.25) is 0 Å². The van der Waals surface area contributed by atoms with Crippen LogP contribution in [0.25, 0.3) is 0 Å². The van der Waals surface area contributed by atoms with E-state index in [1.807, 2.05) is 0 Å². The summed E-state index contributed by atoms with van der Waals surface area (Å²) >= 11 is 3.14. The number of ether oxygens (including phenoxy) is 1. The summed E-state index contributed by atoms with van der Waals surface area (Å²) in [6.07, 6.45) is -1.47. The van der Waals surface area contributed by atoms with Gasteiger partial charge in [0.25, 0.3) is 5.56 Å². The van der Waals surface area contributed by atoms with Crippen LogP contribution in [-0.2, 0) is 15.7 Å². The van der Waals surface area contributed by atoms with Crippen LogP contribution < -0.4 is 15.8 Å². The van der Waals surface area contributed by atoms with E-state index in [4.69, 9.17) is 4.74 Å². The van der Waals surface area contributed by atoms with E-state index in [1.165, 1.54) is 6.20 Å². The molecular weight excluding hydrogens is 527 g/mol. The molecule has 0 aliphatic carbocycles. The second-order valence-electron chi connectivity index (χ2n) is 7.41. The van der Waals surface area contributed by atoms with E-state index >= 15 is 0 Å². The van der Waals surface area contributed by atoms with Crippen molar-refractivity contribution in [2.24, 2.45) is 0 Å². The minimum atomic E-state index is -4.49. The van der Waals surface area contributed by atoms with Gasteiger partial charge in [-0.05, 0) is 15.9 Å². The fourth-order valence-corrected chi connectivity index (χ4v) is 3.48. The monoisotopic (exact) mass is 549 g/mol. The molecule has 34 heavy (non-hydrogen) atoms. The first-order chi connectivity index (χ1) is 16.2. The first kappa shape index (κ1) is 25.8. The molecule has 1 aliphatic rings. The highest BCUT2D eigenvalue weighted by Gasteiger charge is 2.32. The largest absolute Gasteiger partial charge is 0.419 e. The molecule has 0 spiro atoms. The van der Waals surface area contributed by atoms with Crippen LogP contribution in [0.5, 0.6) is 0 Å². The molecule has 15 heteroatoms. The average Bonchev–Trinajstić information content (AvgIpc) is 2.83. The molecule has 3 N–H and O–H groups in total. The maximum atomic E-state index is 12.6. The molecule has 1 amide bonds. The Balaban J connectivity index is 1.39. The summed E-state index contributed by atoms with van der Waals surface area (Å²) in [5.74, 6) is 0.0660. The summed E-state index contributed by atoms with van der Waals surface area (Å²) in [4.78, 5) is 34.9. The zero-order valence-electron chi connectivity index (χ0n) is 17.9. The van der Waals surface area contributed by atoms with Gasteiger partial charge in [0.05, 0.1) is 49.7 Å². The minimum absolute atomic E-state index is 0.0993. The third-order valence-corrected chi connectivity index (χ3v) is 5.82. The zero-order valence-corrected chi connectivity index (χ0v) is 19.5. The van der Waals surface area contributed by atoms with Crippen molar-refractivity contribution in [1.29, 1.82) is 0 Å². The predicted octanol–water partition coefficient (Wildman–Crippen LogP) is 0.869. The molecule has 0 radical (unpaired) electrons. The molecule has 1 fully saturated rings. The van der Waals surface area contributed by atoms with Gasteiger partial charge >= 0.3 is 6.18 Å². The van der Waals surface area contributed by atoms with Gasteiger partial charge in [-0.1, -0.05) is 0 Å². The van der Waals surface area contributed by atoms with Gasteiger partial charge in [0, 0.05) is 38.6 Å². The Morgan fingerprint density at radius 3 is 2.53 bits per heavy atom. The number of carbonyl (C=O) groups is 1. The number of amides is 1. The number of rotatable bonds is 9. The van der Waals surface area contributed by atoms with Gasteiger partial charge in [-0.25, -0.2) is 15.1 Å². The molecule has 1 atom stereocenters. The summed E-state index contributed by atoms with van der Waals surface area (Å²) in [6, 6.07) is -0.512. The van der Waals surface area contributed by atoms with Gasteiger partial charge < -0.3 is 25.0 Å². The Hall–Kier alpha value is -2.78. The van der Waals surface area contributed by atoms with Crippen molar-refractivity contribution in [3.8, 4) is 0 Å². The number of piperazine rings is 1. The third-order valence-electron chi connectivity index (χ3n) is 5.04. The van der Waals surface area contributed by atoms with Gasteiger partial charge in [-0.3, -0.25) is 9.59 Å². The van der Waals surface area contributed by atoms with Gasteiger partial charge in [-0.15, -0.1) is 0 Å². The number of hydrogen-bond donors (Lipinski definition) is 3. The van der Waals surface area contributed by atoms with Crippen molar-refractivity contribution in [2.45, 2.75) is 18.6 Å². The van der Waals surface area contributed by atoms with Crippen molar-refractivity contribution in [3.63, 3.8) is 0 Å². The number of hydrogen-bond acceptors (Lipinski definition) is 9. The van der Waals surface area contributed by atoms with E-state index in [1.54, 1.807) is 9.80 Å². The highest BCUT2D eigenvalue weighted by atomic mass is 79.9. The van der Waals surface area contributed by atoms with Crippen molar-refractivity contribution >= 4 is 33.5 Å². The van der Waals surface area contributed by atoms with E-state index in [-0.39, 0.29) is 42.6 Å². The smallest absolute Gasteiger partial charge is 0.394 e. The topological polar surface area (TPSA) is 137 Å². The Morgan fingerprint density at radius 2 is 1.91 bits per heavy atom. The van der Waals surface area contributed by atoms with Gasteiger partial charge in [0.1, 0.15) is 4.47 Å². The summed E-state index contributed by atoms with van der Waals surface area (Å²) in [5, 5.41) is 18.4. The number of anilines is 2. The average molecular weight is 550 g/mol. The minimum Gasteiger partial charge on any atom is -0.394 e. The van der Waals surface area contributed by atoms with E-state index in [2.05, 4.69) is 41.4 Å². The van der Waals surface area contributed by atoms with E-state index < -0.39 is 23.3 Å². The van der Waals surface area contributed by atoms with Gasteiger partial charge in [0.2, 0.25) is 11.9 Å². The van der Waals surface area contributed by atoms with Crippen molar-refractivity contribution < 1.29 is 27.8 Å². The number of aromatic nitrogens is 4. The van der Waals surface area contributed by atoms with E-state index in [0.29, 0.717) is 31.9 Å². The Morgan fingerprint density at radius 1 is 1.24 bits per heavy atom. The molecule has 0 bridgehead atoms. The fraction of sp³-hybridized carbons (Fsp3) is 0.526. The second-order valence-corrected chi connectivity index (χ2v) is 8.21. The molecule has 1 saturated heterocycles. The number of aromatic amines is 1. The lowest BCUT2D eigenvalue weighted by Gasteiger charge is -2.34. The molecule has 0 saturated carbocycles. The SMILES string of the molecule is O=C(CCOC[C@H](CO)Nc1cn[nH]c(=O)c1Br)N1CCN(c2ncc(C(F)(F)F)cn2)CC1. The second kappa shape index (κ2) is 11.6. The standard InChI is InChI=1S/C19H23BrF3N7O4/c20-16-14(9-26-28-17(16)33)27-13(10-31)11-34-6-1-15(32)29-2-4-30(5-3-29)18-24-7-12(8-25-18)19(21,22)23/h7-9,13,31H,1-6,10-11H2,(H2,27,28,33)/t13-/m0/s1. The zero-order chi connectivity index (χ0) is 24.7. The molecule has 2 aromatic heterocycles. The van der Waals surface area contributed by atoms with E-state index in [9.17, 15) is 27.9 Å².